The van der Waals surface area contributed by atoms with Crippen molar-refractivity contribution in [1.82, 2.24) is 14.9 Å². The molecule has 1 atom stereocenters. The maximum absolute atomic E-state index is 9.99. The Hall–Kier alpha value is -2.34. The van der Waals surface area contributed by atoms with Crippen molar-refractivity contribution in [3.8, 4) is 5.75 Å². The molecule has 1 saturated heterocycles. The number of nitrogens with one attached hydrogen (secondary N) is 1. The van der Waals surface area contributed by atoms with Crippen LogP contribution < -0.4 is 11.1 Å². The van der Waals surface area contributed by atoms with Crippen LogP contribution in [0, 0.1) is 6.92 Å². The summed E-state index contributed by atoms with van der Waals surface area (Å²) in [5.41, 5.74) is 8.35. The number of aromatic hydroxyl groups is 1. The molecule has 2 aromatic heterocycles. The first-order chi connectivity index (χ1) is 11.6. The Labute approximate surface area is 142 Å². The topological polar surface area (TPSA) is 87.3 Å². The Kier molecular flexibility index (Phi) is 5.15. The summed E-state index contributed by atoms with van der Waals surface area (Å²) in [5.74, 6) is 0.825. The van der Waals surface area contributed by atoms with Gasteiger partial charge in [0.05, 0.1) is 17.6 Å². The molecule has 0 unspecified atom stereocenters. The summed E-state index contributed by atoms with van der Waals surface area (Å²) in [4.78, 5) is 11.0. The zero-order chi connectivity index (χ0) is 16.9. The van der Waals surface area contributed by atoms with Crippen LogP contribution in [0.4, 0.5) is 11.5 Å². The van der Waals surface area contributed by atoms with Crippen molar-refractivity contribution >= 4 is 11.5 Å². The molecule has 3 heterocycles. The monoisotopic (exact) mass is 327 g/mol. The Morgan fingerprint density at radius 3 is 2.92 bits per heavy atom. The lowest BCUT2D eigenvalue weighted by Crippen LogP contribution is -2.26. The summed E-state index contributed by atoms with van der Waals surface area (Å²) in [7, 11) is 0. The fraction of sp³-hybridized carbons (Fsp3) is 0.444. The minimum absolute atomic E-state index is 0.285. The van der Waals surface area contributed by atoms with E-state index < -0.39 is 0 Å². The molecule has 0 saturated carbocycles. The lowest BCUT2D eigenvalue weighted by Gasteiger charge is -2.21. The van der Waals surface area contributed by atoms with Gasteiger partial charge in [-0.05, 0) is 57.0 Å². The van der Waals surface area contributed by atoms with E-state index in [1.54, 1.807) is 12.3 Å². The first-order valence-corrected chi connectivity index (χ1v) is 8.46. The molecule has 0 spiro atoms. The molecule has 0 aliphatic carbocycles. The number of hydrogen-bond acceptors (Lipinski definition) is 6. The van der Waals surface area contributed by atoms with Crippen molar-refractivity contribution in [1.29, 1.82) is 0 Å². The fourth-order valence-electron chi connectivity index (χ4n) is 3.12. The van der Waals surface area contributed by atoms with Crippen molar-refractivity contribution in [3.05, 3.63) is 41.9 Å². The number of rotatable bonds is 4. The van der Waals surface area contributed by atoms with Gasteiger partial charge in [-0.1, -0.05) is 0 Å². The van der Waals surface area contributed by atoms with Gasteiger partial charge in [-0.3, -0.25) is 9.88 Å². The average molecular weight is 327 g/mol. The molecule has 128 valence electrons. The lowest BCUT2D eigenvalue weighted by atomic mass is 10.1. The summed E-state index contributed by atoms with van der Waals surface area (Å²) in [6, 6.07) is 7.78. The molecule has 3 rings (SSSR count). The minimum atomic E-state index is 0.285. The smallest absolute Gasteiger partial charge is 0.138 e. The second-order valence-corrected chi connectivity index (χ2v) is 6.44. The quantitative estimate of drug-likeness (QED) is 0.800. The van der Waals surface area contributed by atoms with Crippen molar-refractivity contribution in [2.75, 3.05) is 24.1 Å². The van der Waals surface area contributed by atoms with Gasteiger partial charge < -0.3 is 16.2 Å². The van der Waals surface area contributed by atoms with Crippen LogP contribution in [0.15, 0.2) is 30.5 Å². The van der Waals surface area contributed by atoms with Gasteiger partial charge in [0.25, 0.3) is 0 Å². The van der Waals surface area contributed by atoms with Crippen LogP contribution in [0.3, 0.4) is 0 Å². The Bertz CT molecular complexity index is 674. The zero-order valence-electron chi connectivity index (χ0n) is 14.1. The van der Waals surface area contributed by atoms with Crippen LogP contribution in [0.1, 0.15) is 30.7 Å². The molecule has 0 amide bonds. The summed E-state index contributed by atoms with van der Waals surface area (Å²) >= 11 is 0. The Balaban J connectivity index is 1.56. The van der Waals surface area contributed by atoms with Crippen LogP contribution in [-0.4, -0.2) is 39.1 Å². The van der Waals surface area contributed by atoms with E-state index in [2.05, 4.69) is 20.2 Å². The van der Waals surface area contributed by atoms with Gasteiger partial charge in [0.2, 0.25) is 0 Å². The zero-order valence-corrected chi connectivity index (χ0v) is 14.1. The molecule has 6 heteroatoms. The summed E-state index contributed by atoms with van der Waals surface area (Å²) in [6.07, 6.45) is 5.07. The molecular weight excluding hydrogens is 302 g/mol. The van der Waals surface area contributed by atoms with E-state index in [0.29, 0.717) is 18.4 Å². The van der Waals surface area contributed by atoms with Crippen molar-refractivity contribution in [3.63, 3.8) is 0 Å². The van der Waals surface area contributed by atoms with Gasteiger partial charge in [0, 0.05) is 24.8 Å². The molecule has 1 aliphatic rings. The number of pyridine rings is 2. The van der Waals surface area contributed by atoms with E-state index in [-0.39, 0.29) is 5.75 Å². The van der Waals surface area contributed by atoms with Crippen molar-refractivity contribution in [2.24, 2.45) is 0 Å². The van der Waals surface area contributed by atoms with Crippen LogP contribution in [0.2, 0.25) is 0 Å². The largest absolute Gasteiger partial charge is 0.506 e. The van der Waals surface area contributed by atoms with Gasteiger partial charge in [0.1, 0.15) is 11.6 Å². The Morgan fingerprint density at radius 1 is 1.25 bits per heavy atom. The van der Waals surface area contributed by atoms with E-state index in [1.165, 1.54) is 0 Å². The molecular formula is C18H25N5O. The maximum atomic E-state index is 9.99. The van der Waals surface area contributed by atoms with Crippen LogP contribution in [0.5, 0.6) is 5.75 Å². The van der Waals surface area contributed by atoms with E-state index in [9.17, 15) is 5.11 Å². The van der Waals surface area contributed by atoms with Gasteiger partial charge in [0.15, 0.2) is 0 Å². The molecule has 6 nitrogen and oxygen atoms in total. The molecule has 0 radical (unpaired) electrons. The summed E-state index contributed by atoms with van der Waals surface area (Å²) in [5, 5.41) is 13.5. The van der Waals surface area contributed by atoms with Crippen molar-refractivity contribution in [2.45, 2.75) is 38.8 Å². The lowest BCUT2D eigenvalue weighted by molar-refractivity contribution is 0.268. The highest BCUT2D eigenvalue weighted by atomic mass is 16.3. The maximum Gasteiger partial charge on any atom is 0.138 e. The molecule has 4 N–H and O–H groups in total. The first-order valence-electron chi connectivity index (χ1n) is 8.46. The SMILES string of the molecule is Cc1ccc(O)c(CN2CCC[C@H](Nc3ccc(N)nc3)CC2)n1. The van der Waals surface area contributed by atoms with Crippen LogP contribution in [-0.2, 0) is 6.54 Å². The van der Waals surface area contributed by atoms with Crippen molar-refractivity contribution < 1.29 is 5.11 Å². The summed E-state index contributed by atoms with van der Waals surface area (Å²) in [6.45, 7) is 4.65. The summed E-state index contributed by atoms with van der Waals surface area (Å²) < 4.78 is 0. The number of nitrogens with zero attached hydrogens (tertiary/aromatic N) is 3. The van der Waals surface area contributed by atoms with E-state index in [4.69, 9.17) is 5.73 Å². The second kappa shape index (κ2) is 7.49. The van der Waals surface area contributed by atoms with Crippen LogP contribution >= 0.6 is 0 Å². The number of nitrogen functional groups attached to an aromatic ring is 1. The molecule has 0 aromatic carbocycles. The number of hydrogen-bond donors (Lipinski definition) is 3. The van der Waals surface area contributed by atoms with Gasteiger partial charge in [-0.2, -0.15) is 0 Å². The molecule has 1 fully saturated rings. The number of nitrogens with two attached hydrogens (primary N) is 1. The third kappa shape index (κ3) is 4.35. The van der Waals surface area contributed by atoms with Gasteiger partial charge in [-0.15, -0.1) is 0 Å². The standard InChI is InChI=1S/C18H25N5O/c1-13-4-6-17(24)16(21-13)12-23-9-2-3-14(8-10-23)22-15-5-7-18(19)20-11-15/h4-7,11,14,22,24H,2-3,8-10,12H2,1H3,(H2,19,20)/t14-/m0/s1. The van der Waals surface area contributed by atoms with E-state index >= 15 is 0 Å². The Morgan fingerprint density at radius 2 is 2.12 bits per heavy atom. The minimum Gasteiger partial charge on any atom is -0.506 e. The molecule has 0 bridgehead atoms. The van der Waals surface area contributed by atoms with Gasteiger partial charge in [-0.25, -0.2) is 4.98 Å². The highest BCUT2D eigenvalue weighted by Crippen LogP contribution is 2.21. The number of anilines is 2. The normalized spacial score (nSPS) is 19.0. The molecule has 1 aliphatic heterocycles. The highest BCUT2D eigenvalue weighted by molar-refractivity contribution is 5.46. The third-order valence-electron chi connectivity index (χ3n) is 4.44. The fourth-order valence-corrected chi connectivity index (χ4v) is 3.12. The predicted octanol–water partition coefficient (Wildman–Crippen LogP) is 2.54. The number of likely N-dealkylation sites (tertiary alicyclic amines) is 1. The number of aromatic nitrogens is 2. The predicted molar refractivity (Wildman–Crippen MR) is 95.8 cm³/mol. The molecule has 2 aromatic rings. The van der Waals surface area contributed by atoms with Crippen LogP contribution in [0.25, 0.3) is 0 Å². The highest BCUT2D eigenvalue weighted by Gasteiger charge is 2.18. The molecule has 24 heavy (non-hydrogen) atoms. The average Bonchev–Trinajstić information content (AvgIpc) is 2.79. The second-order valence-electron chi connectivity index (χ2n) is 6.44. The first kappa shape index (κ1) is 16.5. The number of aryl methyl sites for hydroxylation is 1. The van der Waals surface area contributed by atoms with Gasteiger partial charge >= 0.3 is 0 Å². The van der Waals surface area contributed by atoms with E-state index in [0.717, 1.165) is 49.4 Å². The third-order valence-corrected chi connectivity index (χ3v) is 4.44. The van der Waals surface area contributed by atoms with E-state index in [1.807, 2.05) is 25.1 Å².